The molecule has 0 aromatic rings. The van der Waals surface area contributed by atoms with Gasteiger partial charge >= 0.3 is 5.97 Å². The molecule has 0 fully saturated rings. The maximum Gasteiger partial charge on any atom is 0.313 e. The highest BCUT2D eigenvalue weighted by molar-refractivity contribution is 5.94. The Bertz CT molecular complexity index is 138. The molecule has 0 rings (SSSR count). The lowest BCUT2D eigenvalue weighted by molar-refractivity contribution is -0.148. The van der Waals surface area contributed by atoms with Gasteiger partial charge in [-0.3, -0.25) is 9.59 Å². The Morgan fingerprint density at radius 2 is 2.10 bits per heavy atom. The summed E-state index contributed by atoms with van der Waals surface area (Å²) >= 11 is 0. The fourth-order valence-corrected chi connectivity index (χ4v) is 0.469. The molecule has 0 bridgehead atoms. The second-order valence-electron chi connectivity index (χ2n) is 2.18. The van der Waals surface area contributed by atoms with E-state index in [2.05, 4.69) is 11.7 Å². The van der Waals surface area contributed by atoms with E-state index in [1.165, 1.54) is 6.92 Å². The molecule has 57 valence electrons. The van der Waals surface area contributed by atoms with Crippen LogP contribution in [0.25, 0.3) is 0 Å². The Kier molecular flexibility index (Phi) is 3.69. The van der Waals surface area contributed by atoms with Gasteiger partial charge in [-0.05, 0) is 20.8 Å². The fraction of sp³-hybridized carbons (Fsp3) is 0.571. The number of carbonyl (C=O) groups is 2. The molecule has 0 aromatic heterocycles. The van der Waals surface area contributed by atoms with E-state index in [9.17, 15) is 9.59 Å². The number of hydrogen-bond acceptors (Lipinski definition) is 3. The van der Waals surface area contributed by atoms with E-state index in [4.69, 9.17) is 0 Å². The lowest BCUT2D eigenvalue weighted by Crippen LogP contribution is -2.13. The minimum Gasteiger partial charge on any atom is -0.462 e. The molecule has 1 atom stereocenters. The summed E-state index contributed by atoms with van der Waals surface area (Å²) in [5, 5.41) is 0. The van der Waals surface area contributed by atoms with Gasteiger partial charge < -0.3 is 4.74 Å². The van der Waals surface area contributed by atoms with Crippen LogP contribution in [0.3, 0.4) is 0 Å². The van der Waals surface area contributed by atoms with E-state index in [1.807, 2.05) is 0 Å². The van der Waals surface area contributed by atoms with Gasteiger partial charge in [0, 0.05) is 0 Å². The summed E-state index contributed by atoms with van der Waals surface area (Å²) in [6.45, 7) is 6.41. The maximum absolute atomic E-state index is 10.6. The number of rotatable bonds is 3. The highest BCUT2D eigenvalue weighted by atomic mass is 16.5. The Hall–Kier alpha value is -0.860. The highest BCUT2D eigenvalue weighted by Gasteiger charge is 2.07. The van der Waals surface area contributed by atoms with Gasteiger partial charge in [-0.1, -0.05) is 0 Å². The van der Waals surface area contributed by atoms with Crippen LogP contribution in [0.5, 0.6) is 0 Å². The lowest BCUT2D eigenvalue weighted by Gasteiger charge is -2.05. The summed E-state index contributed by atoms with van der Waals surface area (Å²) in [4.78, 5) is 20.9. The van der Waals surface area contributed by atoms with Crippen LogP contribution in [0.15, 0.2) is 0 Å². The van der Waals surface area contributed by atoms with Crippen LogP contribution in [0.4, 0.5) is 0 Å². The van der Waals surface area contributed by atoms with Gasteiger partial charge in [-0.15, -0.1) is 0 Å². The molecule has 1 radical (unpaired) electrons. The molecule has 1 unspecified atom stereocenters. The van der Waals surface area contributed by atoms with E-state index in [0.717, 1.165) is 0 Å². The molecule has 0 amide bonds. The van der Waals surface area contributed by atoms with E-state index in [0.29, 0.717) is 0 Å². The summed E-state index contributed by atoms with van der Waals surface area (Å²) in [5.41, 5.74) is 0. The SMILES string of the molecule is [CH2]C(C)OC(=O)CC(C)=O. The zero-order valence-electron chi connectivity index (χ0n) is 6.22. The second-order valence-corrected chi connectivity index (χ2v) is 2.18. The molecule has 0 aliphatic carbocycles. The van der Waals surface area contributed by atoms with Gasteiger partial charge in [0.05, 0.1) is 6.10 Å². The molecule has 0 aliphatic heterocycles. The number of carbonyl (C=O) groups excluding carboxylic acids is 2. The zero-order valence-corrected chi connectivity index (χ0v) is 6.22. The van der Waals surface area contributed by atoms with Gasteiger partial charge in [0.1, 0.15) is 12.2 Å². The molecule has 0 heterocycles. The minimum absolute atomic E-state index is 0.153. The van der Waals surface area contributed by atoms with Crippen molar-refractivity contribution in [3.05, 3.63) is 6.92 Å². The van der Waals surface area contributed by atoms with Gasteiger partial charge in [0.15, 0.2) is 0 Å². The molecule has 10 heavy (non-hydrogen) atoms. The first-order chi connectivity index (χ1) is 4.52. The normalized spacial score (nSPS) is 9.60. The number of Topliss-reactive ketones (excluding diaryl/α,β-unsaturated/α-hetero) is 1. The first-order valence-electron chi connectivity index (χ1n) is 3.04. The predicted molar refractivity (Wildman–Crippen MR) is 36.2 cm³/mol. The quantitative estimate of drug-likeness (QED) is 0.432. The van der Waals surface area contributed by atoms with Crippen molar-refractivity contribution >= 4 is 11.8 Å². The third kappa shape index (κ3) is 5.28. The highest BCUT2D eigenvalue weighted by Crippen LogP contribution is 1.92. The lowest BCUT2D eigenvalue weighted by atomic mass is 10.3. The molecule has 0 spiro atoms. The van der Waals surface area contributed by atoms with Crippen molar-refractivity contribution in [1.82, 2.24) is 0 Å². The summed E-state index contributed by atoms with van der Waals surface area (Å²) < 4.78 is 4.59. The average molecular weight is 143 g/mol. The van der Waals surface area contributed by atoms with Crippen molar-refractivity contribution < 1.29 is 14.3 Å². The van der Waals surface area contributed by atoms with Crippen LogP contribution in [-0.4, -0.2) is 17.9 Å². The number of esters is 1. The fourth-order valence-electron chi connectivity index (χ4n) is 0.469. The Morgan fingerprint density at radius 3 is 2.40 bits per heavy atom. The standard InChI is InChI=1S/C7H11O3/c1-5(2)10-7(9)4-6(3)8/h5H,1,4H2,2-3H3. The average Bonchev–Trinajstić information content (AvgIpc) is 1.58. The second kappa shape index (κ2) is 4.04. The topological polar surface area (TPSA) is 43.4 Å². The molecule has 3 nitrogen and oxygen atoms in total. The molecule has 0 N–H and O–H groups in total. The minimum atomic E-state index is -0.505. The van der Waals surface area contributed by atoms with Crippen LogP contribution in [0, 0.1) is 6.92 Å². The predicted octanol–water partition coefficient (Wildman–Crippen LogP) is 0.731. The summed E-state index contributed by atoms with van der Waals surface area (Å²) in [5.74, 6) is -0.694. The zero-order chi connectivity index (χ0) is 8.15. The van der Waals surface area contributed by atoms with Crippen LogP contribution >= 0.6 is 0 Å². The molecule has 3 heteroatoms. The molecular weight excluding hydrogens is 132 g/mol. The number of ether oxygens (including phenoxy) is 1. The number of ketones is 1. The van der Waals surface area contributed by atoms with Crippen molar-refractivity contribution in [3.63, 3.8) is 0 Å². The van der Waals surface area contributed by atoms with Gasteiger partial charge in [-0.2, -0.15) is 0 Å². The molecular formula is C7H11O3. The Balaban J connectivity index is 3.54. The maximum atomic E-state index is 10.6. The number of hydrogen-bond donors (Lipinski definition) is 0. The van der Waals surface area contributed by atoms with E-state index in [1.54, 1.807) is 6.92 Å². The first kappa shape index (κ1) is 9.14. The van der Waals surface area contributed by atoms with E-state index >= 15 is 0 Å². The van der Waals surface area contributed by atoms with Gasteiger partial charge in [0.25, 0.3) is 0 Å². The van der Waals surface area contributed by atoms with Crippen LogP contribution in [0.1, 0.15) is 20.3 Å². The summed E-state index contributed by atoms with van der Waals surface area (Å²) in [6, 6.07) is 0. The molecule has 0 saturated heterocycles. The van der Waals surface area contributed by atoms with Gasteiger partial charge in [0.2, 0.25) is 0 Å². The largest absolute Gasteiger partial charge is 0.462 e. The van der Waals surface area contributed by atoms with Crippen LogP contribution < -0.4 is 0 Å². The summed E-state index contributed by atoms with van der Waals surface area (Å²) in [7, 11) is 0. The van der Waals surface area contributed by atoms with Crippen molar-refractivity contribution in [2.45, 2.75) is 26.4 Å². The smallest absolute Gasteiger partial charge is 0.313 e. The van der Waals surface area contributed by atoms with Crippen molar-refractivity contribution in [3.8, 4) is 0 Å². The molecule has 0 aromatic carbocycles. The van der Waals surface area contributed by atoms with Crippen molar-refractivity contribution in [2.75, 3.05) is 0 Å². The molecule has 0 aliphatic rings. The summed E-state index contributed by atoms with van der Waals surface area (Å²) in [6.07, 6.45) is -0.535. The van der Waals surface area contributed by atoms with Gasteiger partial charge in [-0.25, -0.2) is 0 Å². The van der Waals surface area contributed by atoms with Crippen LogP contribution in [-0.2, 0) is 14.3 Å². The van der Waals surface area contributed by atoms with Crippen LogP contribution in [0.2, 0.25) is 0 Å². The molecule has 0 saturated carbocycles. The Morgan fingerprint density at radius 1 is 1.60 bits per heavy atom. The first-order valence-corrected chi connectivity index (χ1v) is 3.04. The van der Waals surface area contributed by atoms with Crippen molar-refractivity contribution in [2.24, 2.45) is 0 Å². The van der Waals surface area contributed by atoms with E-state index < -0.39 is 5.97 Å². The monoisotopic (exact) mass is 143 g/mol. The Labute approximate surface area is 60.4 Å². The third-order valence-corrected chi connectivity index (χ3v) is 0.726. The van der Waals surface area contributed by atoms with Crippen molar-refractivity contribution in [1.29, 1.82) is 0 Å². The third-order valence-electron chi connectivity index (χ3n) is 0.726. The van der Waals surface area contributed by atoms with E-state index in [-0.39, 0.29) is 18.3 Å².